The van der Waals surface area contributed by atoms with Crippen LogP contribution in [0.2, 0.25) is 0 Å². The second-order valence-corrected chi connectivity index (χ2v) is 7.28. The number of esters is 1. The van der Waals surface area contributed by atoms with Crippen molar-refractivity contribution < 1.29 is 28.6 Å². The standard InChI is InChI=1S/C18H30N2O6/c1-13(2)25-15(21)18(9-5-4-6-10-18)19-16(22)26-14-7-11-20(12-8-14)17(23)24-3/h13-14H,4-12H2,1-3H3,(H,19,22). The highest BCUT2D eigenvalue weighted by Crippen LogP contribution is 2.30. The first kappa shape index (κ1) is 20.3. The van der Waals surface area contributed by atoms with Gasteiger partial charge in [-0.3, -0.25) is 0 Å². The molecule has 1 heterocycles. The zero-order valence-electron chi connectivity index (χ0n) is 15.9. The molecule has 2 rings (SSSR count). The van der Waals surface area contributed by atoms with E-state index in [1.54, 1.807) is 18.7 Å². The Morgan fingerprint density at radius 3 is 2.23 bits per heavy atom. The second kappa shape index (κ2) is 9.09. The largest absolute Gasteiger partial charge is 0.461 e. The fraction of sp³-hybridized carbons (Fsp3) is 0.833. The van der Waals surface area contributed by atoms with E-state index in [9.17, 15) is 14.4 Å². The van der Waals surface area contributed by atoms with Gasteiger partial charge in [-0.2, -0.15) is 0 Å². The van der Waals surface area contributed by atoms with E-state index in [1.807, 2.05) is 0 Å². The summed E-state index contributed by atoms with van der Waals surface area (Å²) in [6.45, 7) is 4.54. The van der Waals surface area contributed by atoms with E-state index in [2.05, 4.69) is 5.32 Å². The molecule has 148 valence electrons. The maximum atomic E-state index is 12.6. The van der Waals surface area contributed by atoms with Gasteiger partial charge < -0.3 is 24.4 Å². The Morgan fingerprint density at radius 2 is 1.69 bits per heavy atom. The fourth-order valence-corrected chi connectivity index (χ4v) is 3.52. The quantitative estimate of drug-likeness (QED) is 0.604. The fourth-order valence-electron chi connectivity index (χ4n) is 3.52. The lowest BCUT2D eigenvalue weighted by molar-refractivity contribution is -0.157. The van der Waals surface area contributed by atoms with Crippen molar-refractivity contribution in [2.75, 3.05) is 20.2 Å². The van der Waals surface area contributed by atoms with Crippen LogP contribution >= 0.6 is 0 Å². The minimum atomic E-state index is -0.994. The maximum Gasteiger partial charge on any atom is 0.409 e. The highest BCUT2D eigenvalue weighted by atomic mass is 16.6. The van der Waals surface area contributed by atoms with Crippen molar-refractivity contribution in [1.29, 1.82) is 0 Å². The molecule has 2 aliphatic rings. The Balaban J connectivity index is 1.89. The van der Waals surface area contributed by atoms with Crippen molar-refractivity contribution in [3.05, 3.63) is 0 Å². The highest BCUT2D eigenvalue weighted by molar-refractivity contribution is 5.86. The first-order valence-corrected chi connectivity index (χ1v) is 9.39. The number of hydrogen-bond acceptors (Lipinski definition) is 6. The molecule has 0 bridgehead atoms. The summed E-state index contributed by atoms with van der Waals surface area (Å²) in [6, 6.07) is 0. The summed E-state index contributed by atoms with van der Waals surface area (Å²) < 4.78 is 15.6. The molecule has 1 aliphatic heterocycles. The van der Waals surface area contributed by atoms with E-state index in [0.29, 0.717) is 38.8 Å². The number of amides is 2. The first-order chi connectivity index (χ1) is 12.4. The molecule has 0 atom stereocenters. The van der Waals surface area contributed by atoms with E-state index in [4.69, 9.17) is 14.2 Å². The average Bonchev–Trinajstić information content (AvgIpc) is 2.61. The molecule has 0 aromatic carbocycles. The molecule has 26 heavy (non-hydrogen) atoms. The van der Waals surface area contributed by atoms with Gasteiger partial charge in [-0.15, -0.1) is 0 Å². The van der Waals surface area contributed by atoms with Crippen molar-refractivity contribution >= 4 is 18.2 Å². The van der Waals surface area contributed by atoms with Crippen LogP contribution in [0.5, 0.6) is 0 Å². The van der Waals surface area contributed by atoms with Crippen molar-refractivity contribution in [1.82, 2.24) is 10.2 Å². The molecule has 0 aromatic heterocycles. The molecule has 0 spiro atoms. The molecule has 1 N–H and O–H groups in total. The lowest BCUT2D eigenvalue weighted by atomic mass is 9.81. The summed E-state index contributed by atoms with van der Waals surface area (Å²) in [7, 11) is 1.35. The summed E-state index contributed by atoms with van der Waals surface area (Å²) in [5.74, 6) is -0.385. The van der Waals surface area contributed by atoms with Crippen LogP contribution in [0, 0.1) is 0 Å². The Kier molecular flexibility index (Phi) is 7.11. The van der Waals surface area contributed by atoms with Crippen LogP contribution in [0.15, 0.2) is 0 Å². The van der Waals surface area contributed by atoms with Crippen LogP contribution in [0.4, 0.5) is 9.59 Å². The third kappa shape index (κ3) is 5.25. The van der Waals surface area contributed by atoms with Gasteiger partial charge in [-0.05, 0) is 26.7 Å². The second-order valence-electron chi connectivity index (χ2n) is 7.28. The Morgan fingerprint density at radius 1 is 1.08 bits per heavy atom. The van der Waals surface area contributed by atoms with Gasteiger partial charge >= 0.3 is 18.2 Å². The number of rotatable bonds is 4. The van der Waals surface area contributed by atoms with Gasteiger partial charge in [0.2, 0.25) is 0 Å². The molecule has 1 saturated heterocycles. The van der Waals surface area contributed by atoms with E-state index in [-0.39, 0.29) is 24.3 Å². The topological polar surface area (TPSA) is 94.2 Å². The summed E-state index contributed by atoms with van der Waals surface area (Å²) in [5.41, 5.74) is -0.994. The van der Waals surface area contributed by atoms with Crippen LogP contribution in [0.1, 0.15) is 58.8 Å². The van der Waals surface area contributed by atoms with Crippen LogP contribution in [0.3, 0.4) is 0 Å². The SMILES string of the molecule is COC(=O)N1CCC(OC(=O)NC2(C(=O)OC(C)C)CCCCC2)CC1. The number of ether oxygens (including phenoxy) is 3. The predicted octanol–water partition coefficient (Wildman–Crippen LogP) is 2.60. The number of piperidine rings is 1. The van der Waals surface area contributed by atoms with Crippen LogP contribution in [-0.2, 0) is 19.0 Å². The highest BCUT2D eigenvalue weighted by Gasteiger charge is 2.43. The minimum absolute atomic E-state index is 0.234. The van der Waals surface area contributed by atoms with Gasteiger partial charge in [-0.25, -0.2) is 14.4 Å². The number of carbonyl (C=O) groups is 3. The van der Waals surface area contributed by atoms with Gasteiger partial charge in [0.05, 0.1) is 13.2 Å². The molecule has 0 aromatic rings. The molecular weight excluding hydrogens is 340 g/mol. The predicted molar refractivity (Wildman–Crippen MR) is 93.7 cm³/mol. The molecule has 8 heteroatoms. The van der Waals surface area contributed by atoms with Crippen molar-refractivity contribution in [2.45, 2.75) is 76.5 Å². The maximum absolute atomic E-state index is 12.6. The van der Waals surface area contributed by atoms with Gasteiger partial charge in [0.1, 0.15) is 11.6 Å². The number of methoxy groups -OCH3 is 1. The lowest BCUT2D eigenvalue weighted by Gasteiger charge is -2.37. The molecule has 1 saturated carbocycles. The molecule has 2 amide bonds. The summed E-state index contributed by atoms with van der Waals surface area (Å²) in [5, 5.41) is 2.79. The third-order valence-electron chi connectivity index (χ3n) is 4.93. The van der Waals surface area contributed by atoms with Crippen LogP contribution < -0.4 is 5.32 Å². The molecule has 0 radical (unpaired) electrons. The number of likely N-dealkylation sites (tertiary alicyclic amines) is 1. The zero-order chi connectivity index (χ0) is 19.2. The van der Waals surface area contributed by atoms with Crippen LogP contribution in [0.25, 0.3) is 0 Å². The Labute approximate surface area is 154 Å². The van der Waals surface area contributed by atoms with Crippen molar-refractivity contribution in [2.24, 2.45) is 0 Å². The number of hydrogen-bond donors (Lipinski definition) is 1. The molecule has 0 unspecified atom stereocenters. The van der Waals surface area contributed by atoms with E-state index in [1.165, 1.54) is 7.11 Å². The van der Waals surface area contributed by atoms with Gasteiger partial charge in [0, 0.05) is 25.9 Å². The molecule has 2 fully saturated rings. The molecule has 1 aliphatic carbocycles. The number of nitrogens with zero attached hydrogens (tertiary/aromatic N) is 1. The smallest absolute Gasteiger partial charge is 0.409 e. The number of carbonyl (C=O) groups excluding carboxylic acids is 3. The van der Waals surface area contributed by atoms with Crippen molar-refractivity contribution in [3.63, 3.8) is 0 Å². The summed E-state index contributed by atoms with van der Waals surface area (Å²) in [4.78, 5) is 38.0. The third-order valence-corrected chi connectivity index (χ3v) is 4.93. The molecular formula is C18H30N2O6. The monoisotopic (exact) mass is 370 g/mol. The summed E-state index contributed by atoms with van der Waals surface area (Å²) >= 11 is 0. The average molecular weight is 370 g/mol. The van der Waals surface area contributed by atoms with E-state index >= 15 is 0 Å². The number of alkyl carbamates (subject to hydrolysis) is 1. The summed E-state index contributed by atoms with van der Waals surface area (Å²) in [6.07, 6.45) is 3.52. The van der Waals surface area contributed by atoms with E-state index in [0.717, 1.165) is 19.3 Å². The lowest BCUT2D eigenvalue weighted by Crippen LogP contribution is -2.57. The van der Waals surface area contributed by atoms with Gasteiger partial charge in [-0.1, -0.05) is 19.3 Å². The van der Waals surface area contributed by atoms with Gasteiger partial charge in [0.15, 0.2) is 0 Å². The van der Waals surface area contributed by atoms with Gasteiger partial charge in [0.25, 0.3) is 0 Å². The first-order valence-electron chi connectivity index (χ1n) is 9.39. The Hall–Kier alpha value is -1.99. The normalized spacial score (nSPS) is 20.4. The van der Waals surface area contributed by atoms with Crippen molar-refractivity contribution in [3.8, 4) is 0 Å². The zero-order valence-corrected chi connectivity index (χ0v) is 15.9. The number of nitrogens with one attached hydrogen (secondary N) is 1. The van der Waals surface area contributed by atoms with Crippen LogP contribution in [-0.4, -0.2) is 61.0 Å². The molecule has 8 nitrogen and oxygen atoms in total. The minimum Gasteiger partial charge on any atom is -0.461 e. The van der Waals surface area contributed by atoms with E-state index < -0.39 is 11.6 Å². The Bertz CT molecular complexity index is 508.